The molecule has 0 aromatic heterocycles. The van der Waals surface area contributed by atoms with Gasteiger partial charge in [0.05, 0.1) is 24.9 Å². The summed E-state index contributed by atoms with van der Waals surface area (Å²) in [6.07, 6.45) is 3.51. The van der Waals surface area contributed by atoms with Crippen LogP contribution in [0.1, 0.15) is 26.2 Å². The van der Waals surface area contributed by atoms with Gasteiger partial charge >= 0.3 is 0 Å². The van der Waals surface area contributed by atoms with Gasteiger partial charge in [-0.1, -0.05) is 6.92 Å². The van der Waals surface area contributed by atoms with Gasteiger partial charge in [-0.05, 0) is 19.3 Å². The summed E-state index contributed by atoms with van der Waals surface area (Å²) < 4.78 is 16.8. The van der Waals surface area contributed by atoms with Gasteiger partial charge in [-0.2, -0.15) is 0 Å². The predicted molar refractivity (Wildman–Crippen MR) is 56.7 cm³/mol. The van der Waals surface area contributed by atoms with E-state index in [1.54, 1.807) is 0 Å². The van der Waals surface area contributed by atoms with E-state index in [0.717, 1.165) is 39.1 Å². The SMILES string of the molecule is CCCOC1C(N)CC1OC1CCOC1. The Morgan fingerprint density at radius 3 is 2.93 bits per heavy atom. The third kappa shape index (κ3) is 2.69. The second kappa shape index (κ2) is 5.25. The van der Waals surface area contributed by atoms with Crippen LogP contribution in [0.15, 0.2) is 0 Å². The molecule has 2 N–H and O–H groups in total. The molecule has 0 aromatic rings. The molecule has 2 fully saturated rings. The van der Waals surface area contributed by atoms with E-state index in [4.69, 9.17) is 19.9 Å². The minimum absolute atomic E-state index is 0.102. The predicted octanol–water partition coefficient (Wildman–Crippen LogP) is 0.687. The lowest BCUT2D eigenvalue weighted by Gasteiger charge is -2.42. The summed E-state index contributed by atoms with van der Waals surface area (Å²) in [5, 5.41) is 0. The molecule has 4 nitrogen and oxygen atoms in total. The third-order valence-corrected chi connectivity index (χ3v) is 3.06. The number of ether oxygens (including phenoxy) is 3. The number of hydrogen-bond donors (Lipinski definition) is 1. The van der Waals surface area contributed by atoms with Crippen molar-refractivity contribution in [2.24, 2.45) is 5.73 Å². The lowest BCUT2D eigenvalue weighted by atomic mass is 9.86. The van der Waals surface area contributed by atoms with Crippen molar-refractivity contribution >= 4 is 0 Å². The molecule has 1 heterocycles. The fraction of sp³-hybridized carbons (Fsp3) is 1.00. The Morgan fingerprint density at radius 2 is 2.33 bits per heavy atom. The first kappa shape index (κ1) is 11.3. The second-order valence-electron chi connectivity index (χ2n) is 4.40. The van der Waals surface area contributed by atoms with Crippen LogP contribution < -0.4 is 5.73 Å². The van der Waals surface area contributed by atoms with Crippen LogP contribution in [-0.2, 0) is 14.2 Å². The number of hydrogen-bond acceptors (Lipinski definition) is 4. The number of nitrogens with two attached hydrogens (primary N) is 1. The van der Waals surface area contributed by atoms with Crippen LogP contribution in [0.2, 0.25) is 0 Å². The minimum Gasteiger partial charge on any atom is -0.379 e. The average molecular weight is 215 g/mol. The van der Waals surface area contributed by atoms with E-state index in [1.165, 1.54) is 0 Å². The maximum absolute atomic E-state index is 5.90. The highest BCUT2D eigenvalue weighted by Gasteiger charge is 2.42. The molecular weight excluding hydrogens is 194 g/mol. The Bertz CT molecular complexity index is 194. The molecule has 15 heavy (non-hydrogen) atoms. The first-order chi connectivity index (χ1) is 7.31. The largest absolute Gasteiger partial charge is 0.379 e. The summed E-state index contributed by atoms with van der Waals surface area (Å²) in [5.74, 6) is 0. The van der Waals surface area contributed by atoms with Crippen LogP contribution in [-0.4, -0.2) is 44.2 Å². The molecule has 0 radical (unpaired) electrons. The van der Waals surface area contributed by atoms with Gasteiger partial charge < -0.3 is 19.9 Å². The highest BCUT2D eigenvalue weighted by atomic mass is 16.6. The van der Waals surface area contributed by atoms with E-state index in [9.17, 15) is 0 Å². The summed E-state index contributed by atoms with van der Waals surface area (Å²) in [4.78, 5) is 0. The quantitative estimate of drug-likeness (QED) is 0.733. The summed E-state index contributed by atoms with van der Waals surface area (Å²) >= 11 is 0. The van der Waals surface area contributed by atoms with Crippen LogP contribution in [0.25, 0.3) is 0 Å². The Labute approximate surface area is 91.1 Å². The molecular formula is C11H21NO3. The van der Waals surface area contributed by atoms with Gasteiger partial charge in [0, 0.05) is 19.3 Å². The molecule has 0 aromatic carbocycles. The Morgan fingerprint density at radius 1 is 1.47 bits per heavy atom. The zero-order valence-electron chi connectivity index (χ0n) is 9.35. The molecule has 2 aliphatic rings. The molecule has 0 spiro atoms. The first-order valence-electron chi connectivity index (χ1n) is 5.91. The molecule has 4 atom stereocenters. The van der Waals surface area contributed by atoms with E-state index in [1.807, 2.05) is 0 Å². The van der Waals surface area contributed by atoms with Crippen molar-refractivity contribution in [3.63, 3.8) is 0 Å². The zero-order chi connectivity index (χ0) is 10.7. The van der Waals surface area contributed by atoms with Gasteiger partial charge in [-0.3, -0.25) is 0 Å². The summed E-state index contributed by atoms with van der Waals surface area (Å²) in [6, 6.07) is 0.156. The molecule has 4 unspecified atom stereocenters. The standard InChI is InChI=1S/C11H21NO3/c1-2-4-14-11-9(12)6-10(11)15-8-3-5-13-7-8/h8-11H,2-7,12H2,1H3. The van der Waals surface area contributed by atoms with E-state index in [-0.39, 0.29) is 24.4 Å². The van der Waals surface area contributed by atoms with Crippen molar-refractivity contribution in [1.82, 2.24) is 0 Å². The van der Waals surface area contributed by atoms with Crippen molar-refractivity contribution < 1.29 is 14.2 Å². The molecule has 4 heteroatoms. The molecule has 1 aliphatic heterocycles. The van der Waals surface area contributed by atoms with Gasteiger partial charge in [-0.15, -0.1) is 0 Å². The lowest BCUT2D eigenvalue weighted by molar-refractivity contribution is -0.160. The van der Waals surface area contributed by atoms with E-state index >= 15 is 0 Å². The zero-order valence-corrected chi connectivity index (χ0v) is 9.35. The molecule has 0 bridgehead atoms. The summed E-state index contributed by atoms with van der Waals surface area (Å²) in [5.41, 5.74) is 5.89. The van der Waals surface area contributed by atoms with Crippen molar-refractivity contribution in [1.29, 1.82) is 0 Å². The van der Waals surface area contributed by atoms with Gasteiger partial charge in [0.25, 0.3) is 0 Å². The topological polar surface area (TPSA) is 53.7 Å². The van der Waals surface area contributed by atoms with Gasteiger partial charge in [-0.25, -0.2) is 0 Å². The third-order valence-electron chi connectivity index (χ3n) is 3.06. The van der Waals surface area contributed by atoms with Crippen LogP contribution in [0.5, 0.6) is 0 Å². The Hall–Kier alpha value is -0.160. The van der Waals surface area contributed by atoms with Crippen LogP contribution in [0.4, 0.5) is 0 Å². The monoisotopic (exact) mass is 215 g/mol. The van der Waals surface area contributed by atoms with Gasteiger partial charge in [0.2, 0.25) is 0 Å². The average Bonchev–Trinajstić information content (AvgIpc) is 2.70. The van der Waals surface area contributed by atoms with E-state index in [2.05, 4.69) is 6.92 Å². The van der Waals surface area contributed by atoms with Crippen molar-refractivity contribution in [3.8, 4) is 0 Å². The first-order valence-corrected chi connectivity index (χ1v) is 5.91. The maximum Gasteiger partial charge on any atom is 0.0988 e. The van der Waals surface area contributed by atoms with Crippen molar-refractivity contribution in [2.75, 3.05) is 19.8 Å². The summed E-state index contributed by atoms with van der Waals surface area (Å²) in [6.45, 7) is 4.43. The molecule has 0 amide bonds. The highest BCUT2D eigenvalue weighted by molar-refractivity contribution is 4.95. The van der Waals surface area contributed by atoms with Crippen LogP contribution >= 0.6 is 0 Å². The second-order valence-corrected chi connectivity index (χ2v) is 4.40. The summed E-state index contributed by atoms with van der Waals surface area (Å²) in [7, 11) is 0. The fourth-order valence-corrected chi connectivity index (χ4v) is 2.10. The van der Waals surface area contributed by atoms with Gasteiger partial charge in [0.1, 0.15) is 0 Å². The lowest BCUT2D eigenvalue weighted by Crippen LogP contribution is -2.59. The molecule has 1 saturated heterocycles. The molecule has 1 aliphatic carbocycles. The van der Waals surface area contributed by atoms with Gasteiger partial charge in [0.15, 0.2) is 0 Å². The van der Waals surface area contributed by atoms with Crippen LogP contribution in [0, 0.1) is 0 Å². The van der Waals surface area contributed by atoms with Crippen LogP contribution in [0.3, 0.4) is 0 Å². The molecule has 88 valence electrons. The van der Waals surface area contributed by atoms with E-state index < -0.39 is 0 Å². The van der Waals surface area contributed by atoms with E-state index in [0.29, 0.717) is 0 Å². The minimum atomic E-state index is 0.102. The molecule has 1 saturated carbocycles. The maximum atomic E-state index is 5.90. The Balaban J connectivity index is 1.72. The normalized spacial score (nSPS) is 40.4. The number of rotatable bonds is 5. The van der Waals surface area contributed by atoms with Crippen molar-refractivity contribution in [2.45, 2.75) is 50.5 Å². The van der Waals surface area contributed by atoms with Crippen molar-refractivity contribution in [3.05, 3.63) is 0 Å². The fourth-order valence-electron chi connectivity index (χ4n) is 2.10. The smallest absolute Gasteiger partial charge is 0.0988 e. The molecule has 2 rings (SSSR count). The highest BCUT2D eigenvalue weighted by Crippen LogP contribution is 2.28. The Kier molecular flexibility index (Phi) is 3.97.